The van der Waals surface area contributed by atoms with Crippen molar-refractivity contribution < 1.29 is 15.0 Å². The number of hydrogen-bond acceptors (Lipinski definition) is 3. The van der Waals surface area contributed by atoms with Crippen LogP contribution in [0.3, 0.4) is 0 Å². The van der Waals surface area contributed by atoms with Crippen molar-refractivity contribution in [2.75, 3.05) is 6.61 Å². The summed E-state index contributed by atoms with van der Waals surface area (Å²) in [6.07, 6.45) is 67.8. The molecule has 0 aromatic rings. The average Bonchev–Trinajstić information content (AvgIpc) is 3.20. The van der Waals surface area contributed by atoms with Crippen molar-refractivity contribution in [3.8, 4) is 0 Å². The largest absolute Gasteiger partial charge is 0.394 e. The van der Waals surface area contributed by atoms with Crippen LogP contribution in [0.4, 0.5) is 0 Å². The fourth-order valence-electron chi connectivity index (χ4n) is 7.07. The number of aliphatic hydroxyl groups is 2. The summed E-state index contributed by atoms with van der Waals surface area (Å²) in [6, 6.07) is -0.680. The first-order valence-electron chi connectivity index (χ1n) is 24.2. The highest BCUT2D eigenvalue weighted by Crippen LogP contribution is 2.16. The molecule has 0 aromatic carbocycles. The van der Waals surface area contributed by atoms with Crippen molar-refractivity contribution in [2.24, 2.45) is 0 Å². The summed E-state index contributed by atoms with van der Waals surface area (Å²) in [6.45, 7) is 4.16. The lowest BCUT2D eigenvalue weighted by Gasteiger charge is -2.19. The lowest BCUT2D eigenvalue weighted by atomic mass is 10.0. The van der Waals surface area contributed by atoms with E-state index in [1.165, 1.54) is 167 Å². The number of carbonyl (C=O) groups excluding carboxylic acids is 1. The first-order chi connectivity index (χ1) is 27.7. The highest BCUT2D eigenvalue weighted by molar-refractivity contribution is 5.77. The molecule has 0 spiro atoms. The molecule has 0 rings (SSSR count). The SMILES string of the molecule is CC/C=C\C/C=C\C/C=C\C/C=C\C/C=C\CC(=O)NC(CO)C(O)/C=C/CCCCCCCCCCCCCCCCCCCCCCCCCCCCC. The highest BCUT2D eigenvalue weighted by Gasteiger charge is 2.17. The number of carbonyl (C=O) groups is 1. The van der Waals surface area contributed by atoms with Gasteiger partial charge in [0.1, 0.15) is 0 Å². The maximum absolute atomic E-state index is 12.3. The number of rotatable bonds is 43. The van der Waals surface area contributed by atoms with E-state index in [0.717, 1.165) is 44.9 Å². The lowest BCUT2D eigenvalue weighted by molar-refractivity contribution is -0.122. The Balaban J connectivity index is 3.57. The van der Waals surface area contributed by atoms with Crippen LogP contribution >= 0.6 is 0 Å². The van der Waals surface area contributed by atoms with E-state index in [0.29, 0.717) is 0 Å². The molecule has 4 heteroatoms. The third-order valence-corrected chi connectivity index (χ3v) is 10.7. The molecule has 0 saturated carbocycles. The quantitative estimate of drug-likeness (QED) is 0.0426. The van der Waals surface area contributed by atoms with Gasteiger partial charge in [0.05, 0.1) is 18.8 Å². The van der Waals surface area contributed by atoms with E-state index in [-0.39, 0.29) is 18.9 Å². The third kappa shape index (κ3) is 43.0. The van der Waals surface area contributed by atoms with Gasteiger partial charge in [-0.1, -0.05) is 254 Å². The van der Waals surface area contributed by atoms with Gasteiger partial charge in [0.15, 0.2) is 0 Å². The topological polar surface area (TPSA) is 69.6 Å². The minimum Gasteiger partial charge on any atom is -0.394 e. The van der Waals surface area contributed by atoms with Gasteiger partial charge in [-0.2, -0.15) is 0 Å². The van der Waals surface area contributed by atoms with Gasteiger partial charge in [-0.25, -0.2) is 0 Å². The summed E-state index contributed by atoms with van der Waals surface area (Å²) in [5.74, 6) is -0.191. The normalized spacial score (nSPS) is 13.6. The van der Waals surface area contributed by atoms with Crippen LogP contribution in [0.2, 0.25) is 0 Å². The molecule has 4 nitrogen and oxygen atoms in total. The molecular weight excluding hydrogens is 687 g/mol. The van der Waals surface area contributed by atoms with Gasteiger partial charge in [-0.3, -0.25) is 4.79 Å². The number of aliphatic hydroxyl groups excluding tert-OH is 2. The molecule has 3 N–H and O–H groups in total. The van der Waals surface area contributed by atoms with Crippen molar-refractivity contribution in [3.63, 3.8) is 0 Å². The predicted octanol–water partition coefficient (Wildman–Crippen LogP) is 15.5. The highest BCUT2D eigenvalue weighted by atomic mass is 16.3. The molecule has 0 aromatic heterocycles. The Labute approximate surface area is 349 Å². The van der Waals surface area contributed by atoms with E-state index < -0.39 is 12.1 Å². The van der Waals surface area contributed by atoms with Gasteiger partial charge in [-0.15, -0.1) is 0 Å². The summed E-state index contributed by atoms with van der Waals surface area (Å²) < 4.78 is 0. The van der Waals surface area contributed by atoms with E-state index in [9.17, 15) is 15.0 Å². The zero-order valence-corrected chi connectivity index (χ0v) is 37.1. The van der Waals surface area contributed by atoms with Crippen molar-refractivity contribution in [1.82, 2.24) is 5.32 Å². The van der Waals surface area contributed by atoms with Gasteiger partial charge in [0.25, 0.3) is 0 Å². The Hall–Kier alpha value is -2.17. The number of allylic oxidation sites excluding steroid dienone is 10. The molecule has 0 saturated heterocycles. The molecule has 2 unspecified atom stereocenters. The standard InChI is InChI=1S/C52H93NO3/c1-3-5-7-9-11-13-15-17-19-20-21-22-23-24-25-26-27-28-29-30-31-32-34-35-37-39-41-43-45-47-51(55)50(49-54)53-52(56)48-46-44-42-40-38-36-33-18-16-14-12-10-8-6-4-2/h6,8,12,14,18,33,38,40,44-47,50-51,54-55H,3-5,7,9-11,13,15-17,19-32,34-37,39,41-43,48-49H2,1-2H3,(H,53,56)/b8-6-,14-12-,33-18-,40-38-,46-44-,47-45+. The molecule has 0 heterocycles. The predicted molar refractivity (Wildman–Crippen MR) is 248 cm³/mol. The fourth-order valence-corrected chi connectivity index (χ4v) is 7.07. The third-order valence-electron chi connectivity index (χ3n) is 10.7. The Morgan fingerprint density at radius 1 is 0.446 bits per heavy atom. The summed E-state index contributed by atoms with van der Waals surface area (Å²) in [5.41, 5.74) is 0. The molecule has 0 fully saturated rings. The zero-order chi connectivity index (χ0) is 40.7. The van der Waals surface area contributed by atoms with Crippen LogP contribution in [0.1, 0.15) is 232 Å². The maximum Gasteiger partial charge on any atom is 0.224 e. The second-order valence-electron chi connectivity index (χ2n) is 16.2. The van der Waals surface area contributed by atoms with E-state index in [1.807, 2.05) is 18.2 Å². The number of nitrogens with one attached hydrogen (secondary N) is 1. The van der Waals surface area contributed by atoms with Crippen molar-refractivity contribution in [1.29, 1.82) is 0 Å². The Morgan fingerprint density at radius 3 is 1.11 bits per heavy atom. The van der Waals surface area contributed by atoms with E-state index in [4.69, 9.17) is 0 Å². The molecule has 0 aliphatic rings. The van der Waals surface area contributed by atoms with Gasteiger partial charge in [0.2, 0.25) is 5.91 Å². The lowest BCUT2D eigenvalue weighted by Crippen LogP contribution is -2.44. The zero-order valence-electron chi connectivity index (χ0n) is 37.1. The number of amides is 1. The Bertz CT molecular complexity index is 977. The Kier molecular flexibility index (Phi) is 45.4. The average molecular weight is 780 g/mol. The smallest absolute Gasteiger partial charge is 0.224 e. The Morgan fingerprint density at radius 2 is 0.768 bits per heavy atom. The van der Waals surface area contributed by atoms with Crippen LogP contribution in [0.15, 0.2) is 72.9 Å². The molecule has 0 aliphatic heterocycles. The molecular formula is C52H93NO3. The van der Waals surface area contributed by atoms with Gasteiger partial charge in [-0.05, 0) is 44.9 Å². The van der Waals surface area contributed by atoms with Crippen LogP contribution in [-0.2, 0) is 4.79 Å². The van der Waals surface area contributed by atoms with Crippen LogP contribution in [0.25, 0.3) is 0 Å². The van der Waals surface area contributed by atoms with Crippen molar-refractivity contribution in [3.05, 3.63) is 72.9 Å². The minimum atomic E-state index is -0.883. The molecule has 0 radical (unpaired) electrons. The van der Waals surface area contributed by atoms with E-state index in [2.05, 4.69) is 67.8 Å². The number of hydrogen-bond donors (Lipinski definition) is 3. The van der Waals surface area contributed by atoms with Crippen LogP contribution < -0.4 is 5.32 Å². The summed E-state index contributed by atoms with van der Waals surface area (Å²) in [5, 5.41) is 22.9. The first-order valence-corrected chi connectivity index (χ1v) is 24.2. The van der Waals surface area contributed by atoms with Gasteiger partial charge >= 0.3 is 0 Å². The van der Waals surface area contributed by atoms with Crippen LogP contribution in [-0.4, -0.2) is 34.9 Å². The van der Waals surface area contributed by atoms with Crippen molar-refractivity contribution in [2.45, 2.75) is 244 Å². The number of unbranched alkanes of at least 4 members (excludes halogenated alkanes) is 27. The second kappa shape index (κ2) is 47.2. The van der Waals surface area contributed by atoms with Gasteiger partial charge < -0.3 is 15.5 Å². The molecule has 56 heavy (non-hydrogen) atoms. The van der Waals surface area contributed by atoms with E-state index >= 15 is 0 Å². The minimum absolute atomic E-state index is 0.191. The second-order valence-corrected chi connectivity index (χ2v) is 16.2. The molecule has 1 amide bonds. The van der Waals surface area contributed by atoms with Crippen LogP contribution in [0, 0.1) is 0 Å². The van der Waals surface area contributed by atoms with Crippen LogP contribution in [0.5, 0.6) is 0 Å². The molecule has 2 atom stereocenters. The summed E-state index contributed by atoms with van der Waals surface area (Å²) in [4.78, 5) is 12.3. The monoisotopic (exact) mass is 780 g/mol. The molecule has 0 bridgehead atoms. The molecule has 0 aliphatic carbocycles. The maximum atomic E-state index is 12.3. The van der Waals surface area contributed by atoms with E-state index in [1.54, 1.807) is 6.08 Å². The fraction of sp³-hybridized carbons (Fsp3) is 0.750. The van der Waals surface area contributed by atoms with Gasteiger partial charge in [0, 0.05) is 6.42 Å². The summed E-state index contributed by atoms with van der Waals surface area (Å²) in [7, 11) is 0. The van der Waals surface area contributed by atoms with Crippen molar-refractivity contribution >= 4 is 5.91 Å². The molecule has 324 valence electrons. The first kappa shape index (κ1) is 53.8. The summed E-state index contributed by atoms with van der Waals surface area (Å²) >= 11 is 0.